The maximum atomic E-state index is 12.1. The predicted molar refractivity (Wildman–Crippen MR) is 38.3 cm³/mol. The Kier molecular flexibility index (Phi) is 2.35. The molecule has 4 heteroatoms. The molecule has 0 aliphatic heterocycles. The Balaban J connectivity index is 3.02. The van der Waals surface area contributed by atoms with Gasteiger partial charge in [0.2, 0.25) is 0 Å². The van der Waals surface area contributed by atoms with Crippen LogP contribution in [0.1, 0.15) is 18.1 Å². The zero-order valence-corrected chi connectivity index (χ0v) is 6.39. The molecule has 0 spiro atoms. The summed E-state index contributed by atoms with van der Waals surface area (Å²) in [7, 11) is 0. The van der Waals surface area contributed by atoms with E-state index in [9.17, 15) is 13.2 Å². The second-order valence-electron chi connectivity index (χ2n) is 2.29. The third kappa shape index (κ3) is 1.96. The predicted octanol–water partition coefficient (Wildman–Crippen LogP) is 2.67. The zero-order chi connectivity index (χ0) is 9.19. The van der Waals surface area contributed by atoms with Crippen molar-refractivity contribution < 1.29 is 13.2 Å². The number of alkyl halides is 3. The molecule has 1 nitrogen and oxygen atoms in total. The lowest BCUT2D eigenvalue weighted by atomic mass is 10.1. The molecule has 0 unspecified atom stereocenters. The van der Waals surface area contributed by atoms with E-state index in [1.807, 2.05) is 0 Å². The molecule has 0 N–H and O–H groups in total. The molecule has 65 valence electrons. The van der Waals surface area contributed by atoms with Crippen LogP contribution in [0.15, 0.2) is 18.5 Å². The van der Waals surface area contributed by atoms with Gasteiger partial charge in [-0.05, 0) is 18.1 Å². The summed E-state index contributed by atoms with van der Waals surface area (Å²) in [6, 6.07) is 1.06. The lowest BCUT2D eigenvalue weighted by Gasteiger charge is -2.06. The summed E-state index contributed by atoms with van der Waals surface area (Å²) in [5, 5.41) is 0. The fourth-order valence-electron chi connectivity index (χ4n) is 0.771. The maximum Gasteiger partial charge on any atom is 0.417 e. The highest BCUT2D eigenvalue weighted by molar-refractivity contribution is 5.25. The van der Waals surface area contributed by atoms with Crippen LogP contribution in [0.5, 0.6) is 0 Å². The molecule has 0 aromatic carbocycles. The van der Waals surface area contributed by atoms with Gasteiger partial charge in [0, 0.05) is 12.4 Å². The third-order valence-electron chi connectivity index (χ3n) is 1.42. The van der Waals surface area contributed by atoms with Crippen LogP contribution in [0.2, 0.25) is 0 Å². The maximum absolute atomic E-state index is 12.1. The molecule has 0 aliphatic rings. The van der Waals surface area contributed by atoms with E-state index < -0.39 is 11.7 Å². The van der Waals surface area contributed by atoms with Gasteiger partial charge in [-0.3, -0.25) is 4.98 Å². The smallest absolute Gasteiger partial charge is 0.264 e. The molecule has 0 saturated heterocycles. The number of aromatic nitrogens is 1. The Bertz CT molecular complexity index is 267. The Labute approximate surface area is 68.2 Å². The molecule has 0 aliphatic carbocycles. The molecule has 0 fully saturated rings. The summed E-state index contributed by atoms with van der Waals surface area (Å²) in [4.78, 5) is 3.47. The number of pyridine rings is 1. The minimum atomic E-state index is -4.30. The lowest BCUT2D eigenvalue weighted by Crippen LogP contribution is -2.05. The van der Waals surface area contributed by atoms with Gasteiger partial charge < -0.3 is 0 Å². The van der Waals surface area contributed by atoms with Crippen LogP contribution in [0, 0.1) is 6.42 Å². The first-order valence-electron chi connectivity index (χ1n) is 3.35. The quantitative estimate of drug-likeness (QED) is 0.637. The van der Waals surface area contributed by atoms with E-state index in [1.54, 1.807) is 13.3 Å². The summed E-state index contributed by atoms with van der Waals surface area (Å²) in [5.41, 5.74) is -0.233. The van der Waals surface area contributed by atoms with Crippen molar-refractivity contribution in [2.24, 2.45) is 0 Å². The molecule has 0 atom stereocenters. The average Bonchev–Trinajstić information content (AvgIpc) is 2.03. The molecular weight excluding hydrogens is 167 g/mol. The minimum absolute atomic E-state index is 0.477. The van der Waals surface area contributed by atoms with Gasteiger partial charge in [0.1, 0.15) is 0 Å². The molecule has 0 bridgehead atoms. The van der Waals surface area contributed by atoms with Crippen LogP contribution in [0.3, 0.4) is 0 Å². The van der Waals surface area contributed by atoms with E-state index in [1.165, 1.54) is 6.20 Å². The topological polar surface area (TPSA) is 12.9 Å². The van der Waals surface area contributed by atoms with E-state index >= 15 is 0 Å². The van der Waals surface area contributed by atoms with Crippen LogP contribution in [0.4, 0.5) is 13.2 Å². The Hall–Kier alpha value is -1.06. The molecule has 0 amide bonds. The first-order valence-corrected chi connectivity index (χ1v) is 3.35. The van der Waals surface area contributed by atoms with Gasteiger partial charge in [-0.2, -0.15) is 13.2 Å². The Morgan fingerprint density at radius 1 is 1.33 bits per heavy atom. The van der Waals surface area contributed by atoms with Crippen LogP contribution >= 0.6 is 0 Å². The van der Waals surface area contributed by atoms with E-state index in [-0.39, 0.29) is 0 Å². The van der Waals surface area contributed by atoms with Gasteiger partial charge in [-0.15, -0.1) is 0 Å². The van der Waals surface area contributed by atoms with Crippen molar-refractivity contribution in [2.75, 3.05) is 0 Å². The number of hydrogen-bond acceptors (Lipinski definition) is 1. The monoisotopic (exact) mass is 174 g/mol. The molecule has 1 radical (unpaired) electrons. The molecular formula is C8H7F3N. The second-order valence-corrected chi connectivity index (χ2v) is 2.29. The van der Waals surface area contributed by atoms with Gasteiger partial charge in [0.25, 0.3) is 0 Å². The first-order chi connectivity index (χ1) is 5.54. The van der Waals surface area contributed by atoms with Crippen LogP contribution in [0.25, 0.3) is 0 Å². The highest BCUT2D eigenvalue weighted by Gasteiger charge is 2.30. The molecule has 1 aromatic rings. The summed E-state index contributed by atoms with van der Waals surface area (Å²) in [6.45, 7) is 1.66. The van der Waals surface area contributed by atoms with Crippen molar-refractivity contribution in [1.29, 1.82) is 0 Å². The van der Waals surface area contributed by atoms with E-state index in [0.717, 1.165) is 12.3 Å². The number of nitrogens with zero attached hydrogens (tertiary/aromatic N) is 1. The third-order valence-corrected chi connectivity index (χ3v) is 1.42. The Morgan fingerprint density at radius 3 is 2.50 bits per heavy atom. The van der Waals surface area contributed by atoms with Gasteiger partial charge in [-0.25, -0.2) is 0 Å². The van der Waals surface area contributed by atoms with Crippen molar-refractivity contribution >= 4 is 0 Å². The number of hydrogen-bond donors (Lipinski definition) is 0. The SMILES string of the molecule is C[CH]c1cncc(C(F)(F)F)c1. The van der Waals surface area contributed by atoms with E-state index in [2.05, 4.69) is 4.98 Å². The highest BCUT2D eigenvalue weighted by Crippen LogP contribution is 2.28. The van der Waals surface area contributed by atoms with Gasteiger partial charge in [-0.1, -0.05) is 6.92 Å². The largest absolute Gasteiger partial charge is 0.417 e. The van der Waals surface area contributed by atoms with E-state index in [0.29, 0.717) is 5.56 Å². The Morgan fingerprint density at radius 2 is 2.00 bits per heavy atom. The summed E-state index contributed by atoms with van der Waals surface area (Å²) in [6.07, 6.45) is -0.531. The van der Waals surface area contributed by atoms with Crippen LogP contribution in [-0.2, 0) is 6.18 Å². The van der Waals surface area contributed by atoms with Crippen molar-refractivity contribution in [3.8, 4) is 0 Å². The molecule has 1 heterocycles. The molecule has 12 heavy (non-hydrogen) atoms. The summed E-state index contributed by atoms with van der Waals surface area (Å²) >= 11 is 0. The molecule has 0 saturated carbocycles. The molecule has 1 rings (SSSR count). The second kappa shape index (κ2) is 3.13. The number of rotatable bonds is 1. The van der Waals surface area contributed by atoms with Crippen molar-refractivity contribution in [2.45, 2.75) is 13.1 Å². The zero-order valence-electron chi connectivity index (χ0n) is 6.39. The molecule has 1 aromatic heterocycles. The van der Waals surface area contributed by atoms with Gasteiger partial charge in [0.15, 0.2) is 0 Å². The van der Waals surface area contributed by atoms with Crippen molar-refractivity contribution in [3.05, 3.63) is 36.0 Å². The highest BCUT2D eigenvalue weighted by atomic mass is 19.4. The minimum Gasteiger partial charge on any atom is -0.264 e. The normalized spacial score (nSPS) is 11.7. The van der Waals surface area contributed by atoms with E-state index in [4.69, 9.17) is 0 Å². The lowest BCUT2D eigenvalue weighted by molar-refractivity contribution is -0.137. The van der Waals surface area contributed by atoms with Gasteiger partial charge in [0.05, 0.1) is 5.56 Å². The summed E-state index contributed by atoms with van der Waals surface area (Å²) in [5.74, 6) is 0. The van der Waals surface area contributed by atoms with Gasteiger partial charge >= 0.3 is 6.18 Å². The fourth-order valence-corrected chi connectivity index (χ4v) is 0.771. The standard InChI is InChI=1S/C8H7F3N/c1-2-6-3-7(5-12-4-6)8(9,10)11/h2-5H,1H3. The van der Waals surface area contributed by atoms with Crippen molar-refractivity contribution in [3.63, 3.8) is 0 Å². The van der Waals surface area contributed by atoms with Crippen molar-refractivity contribution in [1.82, 2.24) is 4.98 Å². The number of halogens is 3. The summed E-state index contributed by atoms with van der Waals surface area (Å²) < 4.78 is 36.2. The fraction of sp³-hybridized carbons (Fsp3) is 0.250. The van der Waals surface area contributed by atoms with Crippen LogP contribution in [-0.4, -0.2) is 4.98 Å². The van der Waals surface area contributed by atoms with Crippen LogP contribution < -0.4 is 0 Å². The first kappa shape index (κ1) is 9.03. The average molecular weight is 174 g/mol.